The quantitative estimate of drug-likeness (QED) is 0.548. The molecule has 0 bridgehead atoms. The molecule has 5 nitrogen and oxygen atoms in total. The molecule has 4 rings (SSSR count). The highest BCUT2D eigenvalue weighted by atomic mass is 16.3. The van der Waals surface area contributed by atoms with E-state index in [4.69, 9.17) is 4.42 Å². The van der Waals surface area contributed by atoms with Crippen LogP contribution < -0.4 is 0 Å². The van der Waals surface area contributed by atoms with Gasteiger partial charge >= 0.3 is 0 Å². The number of imidazole rings is 1. The standard InChI is InChI=1S/C21H19N3O2/c1-16-9-10-20-22-19(15-23(20)12-16)21(25)24(14-18-8-5-11-26-18)13-17-6-3-2-4-7-17/h2-12,15H,13-14H2,1H3. The number of amides is 1. The average molecular weight is 345 g/mol. The topological polar surface area (TPSA) is 50.8 Å². The zero-order valence-electron chi connectivity index (χ0n) is 14.5. The summed E-state index contributed by atoms with van der Waals surface area (Å²) in [6.07, 6.45) is 5.37. The van der Waals surface area contributed by atoms with Crippen molar-refractivity contribution in [3.63, 3.8) is 0 Å². The van der Waals surface area contributed by atoms with Crippen LogP contribution in [0.1, 0.15) is 27.4 Å². The minimum absolute atomic E-state index is 0.119. The number of aromatic nitrogens is 2. The van der Waals surface area contributed by atoms with Crippen molar-refractivity contribution < 1.29 is 9.21 Å². The summed E-state index contributed by atoms with van der Waals surface area (Å²) in [5, 5.41) is 0. The molecular formula is C21H19N3O2. The average Bonchev–Trinajstić information content (AvgIpc) is 3.30. The molecule has 0 aliphatic rings. The number of carbonyl (C=O) groups excluding carboxylic acids is 1. The monoisotopic (exact) mass is 345 g/mol. The molecule has 4 aromatic rings. The first kappa shape index (κ1) is 16.1. The van der Waals surface area contributed by atoms with Crippen molar-refractivity contribution in [1.82, 2.24) is 14.3 Å². The lowest BCUT2D eigenvalue weighted by molar-refractivity contribution is 0.0712. The molecule has 3 heterocycles. The molecule has 0 N–H and O–H groups in total. The van der Waals surface area contributed by atoms with Gasteiger partial charge in [0, 0.05) is 18.9 Å². The molecule has 0 spiro atoms. The van der Waals surface area contributed by atoms with E-state index in [0.717, 1.165) is 22.5 Å². The van der Waals surface area contributed by atoms with Crippen molar-refractivity contribution in [1.29, 1.82) is 0 Å². The Bertz CT molecular complexity index is 1020. The van der Waals surface area contributed by atoms with Crippen molar-refractivity contribution in [3.8, 4) is 0 Å². The summed E-state index contributed by atoms with van der Waals surface area (Å²) in [5.41, 5.74) is 3.37. The van der Waals surface area contributed by atoms with Gasteiger partial charge in [-0.25, -0.2) is 4.98 Å². The van der Waals surface area contributed by atoms with Crippen LogP contribution in [0, 0.1) is 6.92 Å². The highest BCUT2D eigenvalue weighted by Gasteiger charge is 2.20. The maximum Gasteiger partial charge on any atom is 0.274 e. The summed E-state index contributed by atoms with van der Waals surface area (Å²) in [6, 6.07) is 17.5. The number of pyridine rings is 1. The molecule has 3 aromatic heterocycles. The molecule has 5 heteroatoms. The Labute approximate surface area is 151 Å². The maximum absolute atomic E-state index is 13.1. The molecule has 1 amide bonds. The minimum Gasteiger partial charge on any atom is -0.467 e. The number of nitrogens with zero attached hydrogens (tertiary/aromatic N) is 3. The van der Waals surface area contributed by atoms with Gasteiger partial charge in [-0.2, -0.15) is 0 Å². The van der Waals surface area contributed by atoms with Crippen molar-refractivity contribution in [2.45, 2.75) is 20.0 Å². The van der Waals surface area contributed by atoms with Gasteiger partial charge in [0.15, 0.2) is 0 Å². The van der Waals surface area contributed by atoms with Crippen molar-refractivity contribution in [2.24, 2.45) is 0 Å². The fourth-order valence-electron chi connectivity index (χ4n) is 2.96. The number of fused-ring (bicyclic) bond motifs is 1. The Kier molecular flexibility index (Phi) is 4.27. The predicted molar refractivity (Wildman–Crippen MR) is 98.7 cm³/mol. The minimum atomic E-state index is -0.119. The number of benzene rings is 1. The zero-order valence-corrected chi connectivity index (χ0v) is 14.5. The molecule has 0 radical (unpaired) electrons. The smallest absolute Gasteiger partial charge is 0.274 e. The van der Waals surface area contributed by atoms with Gasteiger partial charge < -0.3 is 13.7 Å². The second-order valence-electron chi connectivity index (χ2n) is 6.32. The maximum atomic E-state index is 13.1. The molecular weight excluding hydrogens is 326 g/mol. The Morgan fingerprint density at radius 1 is 1.04 bits per heavy atom. The van der Waals surface area contributed by atoms with E-state index in [0.29, 0.717) is 18.8 Å². The molecule has 0 atom stereocenters. The number of rotatable bonds is 5. The highest BCUT2D eigenvalue weighted by Crippen LogP contribution is 2.15. The lowest BCUT2D eigenvalue weighted by atomic mass is 10.2. The van der Waals surface area contributed by atoms with Gasteiger partial charge in [-0.3, -0.25) is 4.79 Å². The second-order valence-corrected chi connectivity index (χ2v) is 6.32. The molecule has 0 saturated carbocycles. The van der Waals surface area contributed by atoms with Gasteiger partial charge in [0.05, 0.1) is 12.8 Å². The summed E-state index contributed by atoms with van der Waals surface area (Å²) < 4.78 is 7.33. The molecule has 130 valence electrons. The lowest BCUT2D eigenvalue weighted by Crippen LogP contribution is -2.30. The lowest BCUT2D eigenvalue weighted by Gasteiger charge is -2.20. The van der Waals surface area contributed by atoms with Crippen LogP contribution in [0.3, 0.4) is 0 Å². The highest BCUT2D eigenvalue weighted by molar-refractivity contribution is 5.92. The summed E-state index contributed by atoms with van der Waals surface area (Å²) in [4.78, 5) is 19.4. The summed E-state index contributed by atoms with van der Waals surface area (Å²) in [5.74, 6) is 0.625. The van der Waals surface area contributed by atoms with Crippen molar-refractivity contribution in [2.75, 3.05) is 0 Å². The third kappa shape index (κ3) is 3.37. The fourth-order valence-corrected chi connectivity index (χ4v) is 2.96. The van der Waals surface area contributed by atoms with E-state index in [9.17, 15) is 4.79 Å². The zero-order chi connectivity index (χ0) is 17.9. The van der Waals surface area contributed by atoms with E-state index in [1.54, 1.807) is 17.4 Å². The van der Waals surface area contributed by atoms with Crippen LogP contribution in [-0.2, 0) is 13.1 Å². The number of furan rings is 1. The molecule has 0 fully saturated rings. The number of hydrogen-bond donors (Lipinski definition) is 0. The van der Waals surface area contributed by atoms with Gasteiger partial charge in [-0.05, 0) is 36.2 Å². The van der Waals surface area contributed by atoms with Gasteiger partial charge in [0.2, 0.25) is 0 Å². The van der Waals surface area contributed by atoms with Gasteiger partial charge in [-0.1, -0.05) is 36.4 Å². The summed E-state index contributed by atoms with van der Waals surface area (Å²) in [7, 11) is 0. The molecule has 0 aliphatic carbocycles. The molecule has 0 aliphatic heterocycles. The van der Waals surface area contributed by atoms with Crippen LogP contribution in [0.2, 0.25) is 0 Å². The van der Waals surface area contributed by atoms with Gasteiger partial charge in [0.25, 0.3) is 5.91 Å². The predicted octanol–water partition coefficient (Wildman–Crippen LogP) is 4.08. The van der Waals surface area contributed by atoms with Crippen molar-refractivity contribution in [3.05, 3.63) is 95.8 Å². The Morgan fingerprint density at radius 3 is 2.65 bits per heavy atom. The first-order valence-electron chi connectivity index (χ1n) is 8.50. The normalized spacial score (nSPS) is 11.0. The van der Waals surface area contributed by atoms with E-state index in [1.807, 2.05) is 72.1 Å². The molecule has 1 aromatic carbocycles. The SMILES string of the molecule is Cc1ccc2nc(C(=O)N(Cc3ccccc3)Cc3ccco3)cn2c1. The third-order valence-corrected chi connectivity index (χ3v) is 4.25. The molecule has 26 heavy (non-hydrogen) atoms. The number of hydrogen-bond acceptors (Lipinski definition) is 3. The van der Waals surface area contributed by atoms with Gasteiger partial charge in [0.1, 0.15) is 17.1 Å². The van der Waals surface area contributed by atoms with E-state index >= 15 is 0 Å². The fraction of sp³-hybridized carbons (Fsp3) is 0.143. The first-order valence-corrected chi connectivity index (χ1v) is 8.50. The van der Waals surface area contributed by atoms with E-state index in [-0.39, 0.29) is 5.91 Å². The van der Waals surface area contributed by atoms with Crippen LogP contribution in [0.25, 0.3) is 5.65 Å². The third-order valence-electron chi connectivity index (χ3n) is 4.25. The van der Waals surface area contributed by atoms with E-state index < -0.39 is 0 Å². The Balaban J connectivity index is 1.65. The van der Waals surface area contributed by atoms with Crippen LogP contribution in [0.4, 0.5) is 0 Å². The summed E-state index contributed by atoms with van der Waals surface area (Å²) in [6.45, 7) is 2.90. The van der Waals surface area contributed by atoms with E-state index in [2.05, 4.69) is 4.98 Å². The van der Waals surface area contributed by atoms with Crippen LogP contribution >= 0.6 is 0 Å². The largest absolute Gasteiger partial charge is 0.467 e. The Morgan fingerprint density at radius 2 is 1.88 bits per heavy atom. The van der Waals surface area contributed by atoms with E-state index in [1.165, 1.54) is 0 Å². The molecule has 0 unspecified atom stereocenters. The van der Waals surface area contributed by atoms with Gasteiger partial charge in [-0.15, -0.1) is 0 Å². The number of carbonyl (C=O) groups is 1. The van der Waals surface area contributed by atoms with Crippen LogP contribution in [0.5, 0.6) is 0 Å². The van der Waals surface area contributed by atoms with Crippen LogP contribution in [-0.4, -0.2) is 20.2 Å². The summed E-state index contributed by atoms with van der Waals surface area (Å²) >= 11 is 0. The van der Waals surface area contributed by atoms with Crippen LogP contribution in [0.15, 0.2) is 77.7 Å². The molecule has 0 saturated heterocycles. The first-order chi connectivity index (χ1) is 12.7. The van der Waals surface area contributed by atoms with Crippen molar-refractivity contribution >= 4 is 11.6 Å². The number of aryl methyl sites for hydroxylation is 1. The second kappa shape index (κ2) is 6.88. The Hall–Kier alpha value is -3.34.